The third-order valence-corrected chi connectivity index (χ3v) is 8.38. The molecule has 1 fully saturated rings. The summed E-state index contributed by atoms with van der Waals surface area (Å²) in [5, 5.41) is 14.3. The Morgan fingerprint density at radius 2 is 2.02 bits per heavy atom. The van der Waals surface area contributed by atoms with Gasteiger partial charge in [0.1, 0.15) is 23.3 Å². The Morgan fingerprint density at radius 3 is 2.73 bits per heavy atom. The second kappa shape index (κ2) is 10.9. The van der Waals surface area contributed by atoms with Gasteiger partial charge in [0, 0.05) is 43.6 Å². The Morgan fingerprint density at radius 1 is 1.23 bits per heavy atom. The Bertz CT molecular complexity index is 1340. The van der Waals surface area contributed by atoms with Crippen LogP contribution in [0.1, 0.15) is 53.4 Å². The van der Waals surface area contributed by atoms with Crippen LogP contribution in [0.2, 0.25) is 0 Å². The van der Waals surface area contributed by atoms with Crippen LogP contribution in [0.15, 0.2) is 58.4 Å². The third kappa shape index (κ3) is 5.17. The minimum atomic E-state index is -0.779. The lowest BCUT2D eigenvalue weighted by Gasteiger charge is -2.38. The highest BCUT2D eigenvalue weighted by molar-refractivity contribution is 6.35. The van der Waals surface area contributed by atoms with Gasteiger partial charge in [0.15, 0.2) is 0 Å². The van der Waals surface area contributed by atoms with Gasteiger partial charge in [0.05, 0.1) is 25.1 Å². The maximum Gasteiger partial charge on any atom is 0.352 e. The molecule has 1 aliphatic carbocycles. The predicted molar refractivity (Wildman–Crippen MR) is 157 cm³/mol. The van der Waals surface area contributed by atoms with Crippen molar-refractivity contribution in [2.45, 2.75) is 58.9 Å². The molecule has 1 amide bonds. The van der Waals surface area contributed by atoms with Crippen molar-refractivity contribution < 1.29 is 19.1 Å². The molecule has 1 saturated heterocycles. The van der Waals surface area contributed by atoms with E-state index in [1.807, 2.05) is 45.2 Å². The minimum Gasteiger partial charge on any atom is -0.495 e. The summed E-state index contributed by atoms with van der Waals surface area (Å²) in [5.74, 6) is 0.133. The maximum atomic E-state index is 13.8. The lowest BCUT2D eigenvalue weighted by atomic mass is 9.87. The molecule has 0 aromatic heterocycles. The zero-order valence-electron chi connectivity index (χ0n) is 24.1. The van der Waals surface area contributed by atoms with Crippen molar-refractivity contribution in [1.82, 2.24) is 5.01 Å². The molecule has 40 heavy (non-hydrogen) atoms. The van der Waals surface area contributed by atoms with Crippen LogP contribution in [0.25, 0.3) is 0 Å². The second-order valence-electron chi connectivity index (χ2n) is 11.7. The number of hydrazone groups is 1. The van der Waals surface area contributed by atoms with Crippen molar-refractivity contribution >= 4 is 35.3 Å². The molecule has 0 bridgehead atoms. The number of allylic oxidation sites excluding steroid dienone is 4. The SMILES string of the molecule is COc1cc(N2C=NN3C=C(C4=CC=C(C)CC4)CC3(C)C2=O)ccc1N1CC[C@@H](COC(=O)C(=N)C(C)C)C1. The molecule has 0 radical (unpaired) electrons. The van der Waals surface area contributed by atoms with Gasteiger partial charge in [-0.1, -0.05) is 31.6 Å². The quantitative estimate of drug-likeness (QED) is 0.363. The summed E-state index contributed by atoms with van der Waals surface area (Å²) in [5.41, 5.74) is 4.68. The van der Waals surface area contributed by atoms with Gasteiger partial charge >= 0.3 is 5.97 Å². The van der Waals surface area contributed by atoms with Gasteiger partial charge in [-0.15, -0.1) is 0 Å². The number of esters is 1. The number of ether oxygens (including phenoxy) is 2. The van der Waals surface area contributed by atoms with Crippen LogP contribution in [0, 0.1) is 17.2 Å². The second-order valence-corrected chi connectivity index (χ2v) is 11.7. The van der Waals surface area contributed by atoms with Crippen molar-refractivity contribution in [2.24, 2.45) is 16.9 Å². The number of nitrogens with zero attached hydrogens (tertiary/aromatic N) is 4. The van der Waals surface area contributed by atoms with Crippen LogP contribution >= 0.6 is 0 Å². The van der Waals surface area contributed by atoms with Crippen LogP contribution in [0.4, 0.5) is 11.4 Å². The van der Waals surface area contributed by atoms with E-state index in [2.05, 4.69) is 29.1 Å². The number of amides is 1. The van der Waals surface area contributed by atoms with Gasteiger partial charge in [-0.3, -0.25) is 20.1 Å². The molecule has 2 atom stereocenters. The van der Waals surface area contributed by atoms with E-state index in [1.165, 1.54) is 16.7 Å². The highest BCUT2D eigenvalue weighted by atomic mass is 16.5. The number of fused-ring (bicyclic) bond motifs is 1. The summed E-state index contributed by atoms with van der Waals surface area (Å²) < 4.78 is 11.2. The average Bonchev–Trinajstić information content (AvgIpc) is 3.56. The van der Waals surface area contributed by atoms with E-state index >= 15 is 0 Å². The Kier molecular flexibility index (Phi) is 7.57. The van der Waals surface area contributed by atoms with Gasteiger partial charge < -0.3 is 14.4 Å². The van der Waals surface area contributed by atoms with Crippen LogP contribution in [0.5, 0.6) is 5.75 Å². The first-order valence-corrected chi connectivity index (χ1v) is 14.0. The number of hydrogen-bond donors (Lipinski definition) is 1. The molecular weight excluding hydrogens is 506 g/mol. The summed E-state index contributed by atoms with van der Waals surface area (Å²) in [6.45, 7) is 9.54. The highest BCUT2D eigenvalue weighted by Gasteiger charge is 2.49. The van der Waals surface area contributed by atoms with Gasteiger partial charge in [-0.05, 0) is 56.4 Å². The van der Waals surface area contributed by atoms with E-state index in [4.69, 9.17) is 14.9 Å². The summed E-state index contributed by atoms with van der Waals surface area (Å²) >= 11 is 0. The molecule has 0 spiro atoms. The van der Waals surface area contributed by atoms with Crippen molar-refractivity contribution in [3.8, 4) is 5.75 Å². The third-order valence-electron chi connectivity index (χ3n) is 8.38. The number of rotatable bonds is 8. The lowest BCUT2D eigenvalue weighted by molar-refractivity contribution is -0.137. The van der Waals surface area contributed by atoms with Crippen LogP contribution in [-0.2, 0) is 14.3 Å². The minimum absolute atomic E-state index is 0.00260. The molecule has 1 aromatic carbocycles. The van der Waals surface area contributed by atoms with E-state index in [1.54, 1.807) is 23.4 Å². The molecule has 4 aliphatic rings. The average molecular weight is 546 g/mol. The first-order chi connectivity index (χ1) is 19.1. The monoisotopic (exact) mass is 545 g/mol. The number of carbonyl (C=O) groups is 2. The Balaban J connectivity index is 1.26. The zero-order valence-corrected chi connectivity index (χ0v) is 24.1. The number of methoxy groups -OCH3 is 1. The molecule has 5 rings (SSSR count). The van der Waals surface area contributed by atoms with Crippen LogP contribution < -0.4 is 14.5 Å². The molecule has 1 unspecified atom stereocenters. The van der Waals surface area contributed by atoms with E-state index in [0.717, 1.165) is 31.5 Å². The summed E-state index contributed by atoms with van der Waals surface area (Å²) in [6.07, 6.45) is 11.5. The van der Waals surface area contributed by atoms with E-state index in [-0.39, 0.29) is 23.5 Å². The van der Waals surface area contributed by atoms with Crippen molar-refractivity contribution in [2.75, 3.05) is 36.6 Å². The number of hydrogen-bond acceptors (Lipinski definition) is 8. The van der Waals surface area contributed by atoms with Gasteiger partial charge in [0.2, 0.25) is 0 Å². The maximum absolute atomic E-state index is 13.8. The van der Waals surface area contributed by atoms with E-state index in [9.17, 15) is 9.59 Å². The fourth-order valence-corrected chi connectivity index (χ4v) is 5.70. The summed E-state index contributed by atoms with van der Waals surface area (Å²) in [7, 11) is 1.63. The van der Waals surface area contributed by atoms with Gasteiger partial charge in [0.25, 0.3) is 5.91 Å². The normalized spacial score (nSPS) is 24.1. The standard InChI is InChI=1S/C31H39N5O4/c1-20(2)28(32)29(37)40-18-22-12-13-34(16-22)26-11-10-25(14-27(26)39-5)35-19-33-36-17-24(15-31(36,4)30(35)38)23-8-6-21(3)7-9-23/h6,8,10-11,14,17,19-20,22,32H,7,9,12-13,15-16,18H2,1-5H3/t22-,31?/m1/s1. The largest absolute Gasteiger partial charge is 0.495 e. The smallest absolute Gasteiger partial charge is 0.352 e. The predicted octanol–water partition coefficient (Wildman–Crippen LogP) is 5.05. The van der Waals surface area contributed by atoms with Crippen LogP contribution in [-0.4, -0.2) is 61.3 Å². The van der Waals surface area contributed by atoms with Crippen molar-refractivity contribution in [1.29, 1.82) is 5.41 Å². The molecule has 212 valence electrons. The van der Waals surface area contributed by atoms with Crippen molar-refractivity contribution in [3.63, 3.8) is 0 Å². The lowest BCUT2D eigenvalue weighted by Crippen LogP contribution is -2.56. The number of benzene rings is 1. The fraction of sp³-hybridized carbons (Fsp3) is 0.484. The molecule has 9 heteroatoms. The fourth-order valence-electron chi connectivity index (χ4n) is 5.70. The van der Waals surface area contributed by atoms with E-state index < -0.39 is 11.5 Å². The molecule has 0 saturated carbocycles. The van der Waals surface area contributed by atoms with Gasteiger partial charge in [-0.2, -0.15) is 5.10 Å². The summed E-state index contributed by atoms with van der Waals surface area (Å²) in [4.78, 5) is 29.7. The van der Waals surface area contributed by atoms with Gasteiger partial charge in [-0.25, -0.2) is 4.79 Å². The molecular formula is C31H39N5O4. The molecule has 1 N–H and O–H groups in total. The van der Waals surface area contributed by atoms with Crippen molar-refractivity contribution in [3.05, 3.63) is 53.3 Å². The molecule has 3 heterocycles. The topological polar surface area (TPSA) is 98.5 Å². The highest BCUT2D eigenvalue weighted by Crippen LogP contribution is 2.42. The number of anilines is 2. The Labute approximate surface area is 236 Å². The molecule has 1 aromatic rings. The van der Waals surface area contributed by atoms with E-state index in [0.29, 0.717) is 31.0 Å². The summed E-state index contributed by atoms with van der Waals surface area (Å²) in [6, 6.07) is 5.79. The number of carbonyl (C=O) groups excluding carboxylic acids is 2. The molecule has 3 aliphatic heterocycles. The first kappa shape index (κ1) is 27.7. The molecule has 9 nitrogen and oxygen atoms in total. The first-order valence-electron chi connectivity index (χ1n) is 14.0. The number of nitrogens with one attached hydrogen (secondary N) is 1. The zero-order chi connectivity index (χ0) is 28.6. The Hall–Kier alpha value is -3.88. The van der Waals surface area contributed by atoms with Crippen LogP contribution in [0.3, 0.4) is 0 Å².